The van der Waals surface area contributed by atoms with Crippen molar-refractivity contribution >= 4 is 34.8 Å². The van der Waals surface area contributed by atoms with Crippen LogP contribution >= 0.6 is 0 Å². The number of hydrogen-bond acceptors (Lipinski definition) is 18. The van der Waals surface area contributed by atoms with Crippen LogP contribution in [-0.4, -0.2) is 78.4 Å². The highest BCUT2D eigenvalue weighted by molar-refractivity contribution is 6.12. The molecule has 5 atom stereocenters. The van der Waals surface area contributed by atoms with E-state index in [1.807, 2.05) is 262 Å². The molecule has 9 aromatic carbocycles. The number of carbonyl (C=O) groups is 3. The first kappa shape index (κ1) is 66.0. The number of benzene rings is 9. The molecule has 2 aliphatic carbocycles. The van der Waals surface area contributed by atoms with Crippen LogP contribution < -0.4 is 14.2 Å². The van der Waals surface area contributed by atoms with Gasteiger partial charge in [-0.2, -0.15) is 0 Å². The lowest BCUT2D eigenvalue weighted by Gasteiger charge is -2.43. The smallest absolute Gasteiger partial charge is 0.343 e. The van der Waals surface area contributed by atoms with Crippen LogP contribution in [0.5, 0.6) is 17.2 Å². The zero-order valence-electron chi connectivity index (χ0n) is 60.0. The lowest BCUT2D eigenvalue weighted by atomic mass is 9.68. The number of allylic oxidation sites excluding steroid dienone is 6. The molecule has 1 fully saturated rings. The molecule has 21 rings (SSSR count). The molecule has 0 N–H and O–H groups in total. The normalized spacial score (nSPS) is 20.6. The number of hydrogen-bond donors (Lipinski definition) is 0. The van der Waals surface area contributed by atoms with Crippen LogP contribution in [0.25, 0.3) is 102 Å². The summed E-state index contributed by atoms with van der Waals surface area (Å²) in [6, 6.07) is 79.3. The number of pyridine rings is 1. The first-order chi connectivity index (χ1) is 54.4. The third-order valence-corrected chi connectivity index (χ3v) is 22.5. The Hall–Kier alpha value is -14.5. The molecule has 2 spiro atoms. The van der Waals surface area contributed by atoms with E-state index < -0.39 is 45.7 Å². The number of fused-ring (bicyclic) bond motifs is 5. The molecule has 18 heteroatoms. The van der Waals surface area contributed by atoms with Crippen LogP contribution in [0, 0.1) is 11.3 Å². The summed E-state index contributed by atoms with van der Waals surface area (Å²) < 4.78 is 19.8. The van der Waals surface area contributed by atoms with Gasteiger partial charge >= 0.3 is 17.9 Å². The minimum atomic E-state index is -1.71. The zero-order valence-corrected chi connectivity index (χ0v) is 60.0. The van der Waals surface area contributed by atoms with Gasteiger partial charge in [-0.1, -0.05) is 219 Å². The van der Waals surface area contributed by atoms with Crippen LogP contribution in [-0.2, 0) is 37.4 Å². The minimum Gasteiger partial charge on any atom is -0.426 e. The average molecular weight is 1440 g/mol. The molecular weight excluding hydrogens is 1380 g/mol. The van der Waals surface area contributed by atoms with Crippen molar-refractivity contribution in [2.45, 2.75) is 43.8 Å². The zero-order chi connectivity index (χ0) is 74.7. The van der Waals surface area contributed by atoms with Crippen molar-refractivity contribution in [2.75, 3.05) is 0 Å². The summed E-state index contributed by atoms with van der Waals surface area (Å²) in [4.78, 5) is 106. The summed E-state index contributed by atoms with van der Waals surface area (Å²) in [5, 5.41) is 0. The third-order valence-electron chi connectivity index (χ3n) is 22.5. The van der Waals surface area contributed by atoms with Crippen molar-refractivity contribution in [2.24, 2.45) is 16.3 Å². The van der Waals surface area contributed by atoms with Gasteiger partial charge < -0.3 is 19.1 Å². The maximum Gasteiger partial charge on any atom is 0.343 e. The second kappa shape index (κ2) is 25.6. The Morgan fingerprint density at radius 2 is 1.02 bits per heavy atom. The van der Waals surface area contributed by atoms with Gasteiger partial charge in [-0.05, 0) is 115 Å². The van der Waals surface area contributed by atoms with Crippen LogP contribution in [0.1, 0.15) is 60.2 Å². The Bertz CT molecular complexity index is 6160. The van der Waals surface area contributed by atoms with E-state index in [0.717, 1.165) is 61.2 Å². The largest absolute Gasteiger partial charge is 0.426 e. The highest BCUT2D eigenvalue weighted by atomic mass is 16.5. The molecule has 10 heterocycles. The number of carbonyl (C=O) groups excluding carboxylic acids is 3. The second-order valence-corrected chi connectivity index (χ2v) is 28.5. The second-order valence-electron chi connectivity index (χ2n) is 28.5. The first-order valence-corrected chi connectivity index (χ1v) is 36.6. The molecule has 18 nitrogen and oxygen atoms in total. The van der Waals surface area contributed by atoms with Crippen molar-refractivity contribution in [1.82, 2.24) is 54.7 Å². The summed E-state index contributed by atoms with van der Waals surface area (Å²) in [6.45, 7) is 6.45. The van der Waals surface area contributed by atoms with E-state index in [1.54, 1.807) is 36.5 Å². The topological polar surface area (TPSA) is 223 Å². The van der Waals surface area contributed by atoms with Gasteiger partial charge in [-0.15, -0.1) is 0 Å². The number of aromatic nitrogens is 10. The molecule has 6 bridgehead atoms. The fourth-order valence-electron chi connectivity index (χ4n) is 17.4. The monoisotopic (exact) mass is 1440 g/mol. The molecule has 0 saturated heterocycles. The van der Waals surface area contributed by atoms with Crippen LogP contribution in [0.15, 0.2) is 320 Å². The number of nitrogens with zero attached hydrogens (tertiary/aromatic N) is 12. The summed E-state index contributed by atoms with van der Waals surface area (Å²) in [6.07, 6.45) is 17.0. The Labute approximate surface area is 637 Å². The lowest BCUT2D eigenvalue weighted by Crippen LogP contribution is -2.47. The summed E-state index contributed by atoms with van der Waals surface area (Å²) in [5.74, 6) is 1.29. The van der Waals surface area contributed by atoms with Crippen LogP contribution in [0.2, 0.25) is 0 Å². The van der Waals surface area contributed by atoms with Gasteiger partial charge in [-0.3, -0.25) is 14.8 Å². The summed E-state index contributed by atoms with van der Waals surface area (Å²) in [5.41, 5.74) is 6.98. The van der Waals surface area contributed by atoms with Gasteiger partial charge in [0.15, 0.2) is 52.4 Å². The molecule has 0 amide bonds. The van der Waals surface area contributed by atoms with E-state index in [2.05, 4.69) is 31.0 Å². The minimum absolute atomic E-state index is 0.0366. The fraction of sp³-hybridized carbons (Fsp3) is 0.0968. The maximum atomic E-state index is 16.7. The molecule has 6 aliphatic heterocycles. The van der Waals surface area contributed by atoms with Crippen molar-refractivity contribution < 1.29 is 28.6 Å². The molecule has 1 saturated carbocycles. The molecule has 5 unspecified atom stereocenters. The Morgan fingerprint density at radius 1 is 0.514 bits per heavy atom. The number of aliphatic imine (C=N–C) groups is 1. The predicted octanol–water partition coefficient (Wildman–Crippen LogP) is 17.2. The van der Waals surface area contributed by atoms with E-state index in [1.165, 1.54) is 0 Å². The van der Waals surface area contributed by atoms with Crippen molar-refractivity contribution in [3.63, 3.8) is 0 Å². The van der Waals surface area contributed by atoms with Crippen molar-refractivity contribution in [3.8, 4) is 108 Å². The molecule has 8 aliphatic rings. The number of rotatable bonds is 14. The summed E-state index contributed by atoms with van der Waals surface area (Å²) >= 11 is 0. The van der Waals surface area contributed by atoms with E-state index in [4.69, 9.17) is 69.0 Å². The van der Waals surface area contributed by atoms with Gasteiger partial charge in [0.05, 0.1) is 45.9 Å². The molecule has 4 aromatic heterocycles. The van der Waals surface area contributed by atoms with Gasteiger partial charge in [0, 0.05) is 84.6 Å². The van der Waals surface area contributed by atoms with Crippen molar-refractivity contribution in [1.29, 1.82) is 0 Å². The van der Waals surface area contributed by atoms with E-state index in [9.17, 15) is 0 Å². The van der Waals surface area contributed by atoms with Gasteiger partial charge in [0.1, 0.15) is 17.2 Å². The van der Waals surface area contributed by atoms with Gasteiger partial charge in [-0.25, -0.2) is 54.4 Å². The molecule has 0 radical (unpaired) electrons. The van der Waals surface area contributed by atoms with E-state index >= 15 is 14.4 Å². The Balaban J connectivity index is 0.737. The van der Waals surface area contributed by atoms with Crippen LogP contribution in [0.4, 0.5) is 0 Å². The Kier molecular flexibility index (Phi) is 15.2. The number of ether oxygens (including phenoxy) is 3. The average Bonchev–Trinajstić information content (AvgIpc) is 1.40. The molecule has 111 heavy (non-hydrogen) atoms. The van der Waals surface area contributed by atoms with Gasteiger partial charge in [0.25, 0.3) is 0 Å². The molecule has 13 aromatic rings. The van der Waals surface area contributed by atoms with Crippen molar-refractivity contribution in [3.05, 3.63) is 354 Å². The third kappa shape index (κ3) is 10.4. The highest BCUT2D eigenvalue weighted by Gasteiger charge is 2.96. The predicted molar refractivity (Wildman–Crippen MR) is 421 cm³/mol. The SMILES string of the molecule is C/C=C(\C=C/C1=NCc2cc(OC(=O)C3=CC4=CC5C(=O)Oc6ccc7c(c6)C6(N8C=C(c9nc(-c%10ccccc%10)nc(-c%10ccccc%10)n9)C=CC78C)C(C)(c7cc(ccc7-c7ccc(-c8nc(-c9ccccc9)nc(-c9ccccc9)n8)cn7)OC4=O)C356)ccc21)c1nc(-c2ccccc2)nc(-c2ccccc2)n1. The Morgan fingerprint density at radius 3 is 1.56 bits per heavy atom. The first-order valence-electron chi connectivity index (χ1n) is 36.6. The van der Waals surface area contributed by atoms with E-state index in [-0.39, 0.29) is 34.9 Å². The van der Waals surface area contributed by atoms with Crippen LogP contribution in [0.3, 0.4) is 0 Å². The summed E-state index contributed by atoms with van der Waals surface area (Å²) in [7, 11) is 0. The number of esters is 3. The lowest BCUT2D eigenvalue weighted by molar-refractivity contribution is -0.141. The maximum absolute atomic E-state index is 16.7. The highest BCUT2D eigenvalue weighted by Crippen LogP contribution is 2.90. The molecule has 530 valence electrons. The fourth-order valence-corrected chi connectivity index (χ4v) is 17.4. The van der Waals surface area contributed by atoms with Gasteiger partial charge in [0.2, 0.25) is 0 Å². The standard InChI is InChI=1S/C93H62N12O6/c1-4-55(78-96-79(56-23-11-5-12-24-56)98-80(97-78)57-25-13-6-14-26-57)35-43-76-69-40-37-66(47-65(69)53-95-76)110-88(107)74-48-64-49-75-89(108)111-68-39-42-71-73(51-68)93(105-54-63(45-46-90(71,105)2)86-103-83(60-31-19-9-20-32-60)100-84(104-86)61-33-21-10-22-34-61)91(3,92(74,75)93)72-50-67(109-87(64)106)38-41-70(72)77-44-36-62(52-94-77)85-101-81(58-27-15-7-16-28-58)99-82(102-85)59-29-17-8-18-30-59/h4-52,54,75H,53H2,1-3H3/b43-35-,55-4+. The quantitative estimate of drug-likeness (QED) is 0.0560. The van der Waals surface area contributed by atoms with E-state index in [0.29, 0.717) is 86.1 Å². The molecular formula is C93H62N12O6.